The van der Waals surface area contributed by atoms with E-state index in [9.17, 15) is 14.4 Å². The van der Waals surface area contributed by atoms with Crippen molar-refractivity contribution >= 4 is 23.3 Å². The second-order valence-electron chi connectivity index (χ2n) is 7.35. The molecule has 0 bridgehead atoms. The molecule has 0 saturated carbocycles. The lowest BCUT2D eigenvalue weighted by Gasteiger charge is -2.17. The maximum absolute atomic E-state index is 12.3. The number of hydrogen-bond donors (Lipinski definition) is 1. The van der Waals surface area contributed by atoms with Crippen LogP contribution in [-0.4, -0.2) is 38.5 Å². The number of nitrogens with one attached hydrogen (secondary N) is 1. The summed E-state index contributed by atoms with van der Waals surface area (Å²) in [5.74, 6) is -0.394. The number of anilines is 1. The Morgan fingerprint density at radius 1 is 0.931 bits per heavy atom. The molecule has 0 atom stereocenters. The van der Waals surface area contributed by atoms with Crippen LogP contribution in [0.3, 0.4) is 0 Å². The molecule has 0 aliphatic heterocycles. The molecule has 0 heterocycles. The number of ether oxygens (including phenoxy) is 3. The normalized spacial score (nSPS) is 10.8. The van der Waals surface area contributed by atoms with E-state index in [0.717, 1.165) is 0 Å². The van der Waals surface area contributed by atoms with Gasteiger partial charge in [-0.1, -0.05) is 20.8 Å². The third-order valence-electron chi connectivity index (χ3n) is 4.11. The van der Waals surface area contributed by atoms with Crippen molar-refractivity contribution in [3.05, 3.63) is 53.6 Å². The fraction of sp³-hybridized carbons (Fsp3) is 0.318. The van der Waals surface area contributed by atoms with E-state index in [1.54, 1.807) is 36.4 Å². The molecule has 1 N–H and O–H groups in total. The van der Waals surface area contributed by atoms with E-state index in [4.69, 9.17) is 14.2 Å². The standard InChI is InChI=1S/C22H25NO6/c1-22(2,3)21(26)23-15-8-6-14(7-9-15)18(24)13-29-20(25)17-12-16(27-4)10-11-19(17)28-5/h6-12H,13H2,1-5H3,(H,23,26). The lowest BCUT2D eigenvalue weighted by molar-refractivity contribution is -0.123. The van der Waals surface area contributed by atoms with Gasteiger partial charge in [-0.25, -0.2) is 4.79 Å². The van der Waals surface area contributed by atoms with Gasteiger partial charge < -0.3 is 19.5 Å². The van der Waals surface area contributed by atoms with Crippen LogP contribution in [0.15, 0.2) is 42.5 Å². The highest BCUT2D eigenvalue weighted by molar-refractivity contribution is 6.01. The van der Waals surface area contributed by atoms with Gasteiger partial charge in [0, 0.05) is 16.7 Å². The quantitative estimate of drug-likeness (QED) is 0.564. The zero-order valence-electron chi connectivity index (χ0n) is 17.2. The molecule has 0 spiro atoms. The molecule has 0 aliphatic rings. The number of esters is 1. The highest BCUT2D eigenvalue weighted by Gasteiger charge is 2.21. The van der Waals surface area contributed by atoms with Crippen molar-refractivity contribution in [1.82, 2.24) is 0 Å². The Bertz CT molecular complexity index is 897. The maximum Gasteiger partial charge on any atom is 0.342 e. The van der Waals surface area contributed by atoms with Crippen LogP contribution in [0.4, 0.5) is 5.69 Å². The fourth-order valence-corrected chi connectivity index (χ4v) is 2.32. The molecule has 1 amide bonds. The van der Waals surface area contributed by atoms with Crippen LogP contribution in [0.25, 0.3) is 0 Å². The molecule has 2 rings (SSSR count). The zero-order chi connectivity index (χ0) is 21.6. The van der Waals surface area contributed by atoms with Gasteiger partial charge in [0.1, 0.15) is 17.1 Å². The highest BCUT2D eigenvalue weighted by atomic mass is 16.5. The smallest absolute Gasteiger partial charge is 0.342 e. The van der Waals surface area contributed by atoms with Gasteiger partial charge in [-0.3, -0.25) is 9.59 Å². The summed E-state index contributed by atoms with van der Waals surface area (Å²) in [5, 5.41) is 2.78. The number of carbonyl (C=O) groups excluding carboxylic acids is 3. The van der Waals surface area contributed by atoms with Crippen molar-refractivity contribution in [2.75, 3.05) is 26.1 Å². The van der Waals surface area contributed by atoms with E-state index in [-0.39, 0.29) is 17.3 Å². The van der Waals surface area contributed by atoms with Gasteiger partial charge in [0.15, 0.2) is 12.4 Å². The van der Waals surface area contributed by atoms with E-state index in [1.807, 2.05) is 20.8 Å². The number of methoxy groups -OCH3 is 2. The molecule has 0 unspecified atom stereocenters. The summed E-state index contributed by atoms with van der Waals surface area (Å²) in [7, 11) is 2.91. The van der Waals surface area contributed by atoms with Crippen LogP contribution in [0, 0.1) is 5.41 Å². The molecule has 29 heavy (non-hydrogen) atoms. The third kappa shape index (κ3) is 5.81. The van der Waals surface area contributed by atoms with Crippen LogP contribution in [0.5, 0.6) is 11.5 Å². The van der Waals surface area contributed by atoms with E-state index in [1.165, 1.54) is 20.3 Å². The second kappa shape index (κ2) is 9.23. The monoisotopic (exact) mass is 399 g/mol. The Kier molecular flexibility index (Phi) is 6.98. The lowest BCUT2D eigenvalue weighted by atomic mass is 9.95. The third-order valence-corrected chi connectivity index (χ3v) is 4.11. The molecular formula is C22H25NO6. The molecule has 0 radical (unpaired) electrons. The summed E-state index contributed by atoms with van der Waals surface area (Å²) in [6.07, 6.45) is 0. The first kappa shape index (κ1) is 21.9. The van der Waals surface area contributed by atoms with E-state index in [2.05, 4.69) is 5.32 Å². The van der Waals surface area contributed by atoms with Gasteiger partial charge in [-0.2, -0.15) is 0 Å². The molecule has 0 fully saturated rings. The second-order valence-corrected chi connectivity index (χ2v) is 7.35. The first-order valence-corrected chi connectivity index (χ1v) is 8.99. The molecule has 2 aromatic rings. The van der Waals surface area contributed by atoms with Gasteiger partial charge in [-0.05, 0) is 42.5 Å². The molecule has 7 nitrogen and oxygen atoms in total. The number of Topliss-reactive ketones (excluding diaryl/α,β-unsaturated/α-hetero) is 1. The molecule has 0 aliphatic carbocycles. The summed E-state index contributed by atoms with van der Waals surface area (Å²) in [6, 6.07) is 11.1. The highest BCUT2D eigenvalue weighted by Crippen LogP contribution is 2.25. The predicted molar refractivity (Wildman–Crippen MR) is 109 cm³/mol. The number of rotatable bonds is 7. The number of ketones is 1. The Labute approximate surface area is 170 Å². The Morgan fingerprint density at radius 2 is 1.59 bits per heavy atom. The number of carbonyl (C=O) groups is 3. The number of hydrogen-bond acceptors (Lipinski definition) is 6. The molecule has 0 saturated heterocycles. The van der Waals surface area contributed by atoms with Crippen LogP contribution >= 0.6 is 0 Å². The largest absolute Gasteiger partial charge is 0.497 e. The molecule has 0 aromatic heterocycles. The van der Waals surface area contributed by atoms with Crippen molar-refractivity contribution in [3.8, 4) is 11.5 Å². The summed E-state index contributed by atoms with van der Waals surface area (Å²) < 4.78 is 15.4. The number of benzene rings is 2. The van der Waals surface area contributed by atoms with Crippen LogP contribution in [-0.2, 0) is 9.53 Å². The van der Waals surface area contributed by atoms with Gasteiger partial charge in [0.2, 0.25) is 5.91 Å². The van der Waals surface area contributed by atoms with Crippen molar-refractivity contribution in [2.24, 2.45) is 5.41 Å². The minimum absolute atomic E-state index is 0.127. The summed E-state index contributed by atoms with van der Waals surface area (Å²) in [5.41, 5.74) is 0.591. The van der Waals surface area contributed by atoms with E-state index >= 15 is 0 Å². The summed E-state index contributed by atoms with van der Waals surface area (Å²) in [4.78, 5) is 36.7. The molecule has 154 valence electrons. The summed E-state index contributed by atoms with van der Waals surface area (Å²) >= 11 is 0. The van der Waals surface area contributed by atoms with Crippen LogP contribution in [0.2, 0.25) is 0 Å². The van der Waals surface area contributed by atoms with Crippen molar-refractivity contribution in [3.63, 3.8) is 0 Å². The fourth-order valence-electron chi connectivity index (χ4n) is 2.32. The topological polar surface area (TPSA) is 90.9 Å². The van der Waals surface area contributed by atoms with Crippen LogP contribution < -0.4 is 14.8 Å². The lowest BCUT2D eigenvalue weighted by Crippen LogP contribution is -2.27. The van der Waals surface area contributed by atoms with E-state index < -0.39 is 18.0 Å². The predicted octanol–water partition coefficient (Wildman–Crippen LogP) is 3.73. The van der Waals surface area contributed by atoms with Gasteiger partial charge >= 0.3 is 5.97 Å². The molecule has 7 heteroatoms. The average molecular weight is 399 g/mol. The van der Waals surface area contributed by atoms with Gasteiger partial charge in [-0.15, -0.1) is 0 Å². The Hall–Kier alpha value is -3.35. The molecule has 2 aromatic carbocycles. The first-order chi connectivity index (χ1) is 13.7. The summed E-state index contributed by atoms with van der Waals surface area (Å²) in [6.45, 7) is 5.01. The maximum atomic E-state index is 12.3. The minimum Gasteiger partial charge on any atom is -0.497 e. The average Bonchev–Trinajstić information content (AvgIpc) is 2.71. The zero-order valence-corrected chi connectivity index (χ0v) is 17.2. The van der Waals surface area contributed by atoms with Crippen molar-refractivity contribution in [1.29, 1.82) is 0 Å². The van der Waals surface area contributed by atoms with E-state index in [0.29, 0.717) is 22.7 Å². The van der Waals surface area contributed by atoms with Crippen molar-refractivity contribution in [2.45, 2.75) is 20.8 Å². The number of amides is 1. The first-order valence-electron chi connectivity index (χ1n) is 8.99. The Balaban J connectivity index is 2.00. The Morgan fingerprint density at radius 3 is 2.14 bits per heavy atom. The van der Waals surface area contributed by atoms with Crippen molar-refractivity contribution < 1.29 is 28.6 Å². The van der Waals surface area contributed by atoms with Gasteiger partial charge in [0.05, 0.1) is 14.2 Å². The SMILES string of the molecule is COc1ccc(OC)c(C(=O)OCC(=O)c2ccc(NC(=O)C(C)(C)C)cc2)c1. The molecular weight excluding hydrogens is 374 g/mol. The van der Waals surface area contributed by atoms with Gasteiger partial charge in [0.25, 0.3) is 0 Å². The minimum atomic E-state index is -0.692. The van der Waals surface area contributed by atoms with Crippen LogP contribution in [0.1, 0.15) is 41.5 Å².